The van der Waals surface area contributed by atoms with Gasteiger partial charge in [0.25, 0.3) is 5.91 Å². The molecule has 7 heteroatoms. The molecule has 0 unspecified atom stereocenters. The van der Waals surface area contributed by atoms with Crippen LogP contribution >= 0.6 is 27.5 Å². The third kappa shape index (κ3) is 4.62. The van der Waals surface area contributed by atoms with Crippen LogP contribution in [0.3, 0.4) is 0 Å². The van der Waals surface area contributed by atoms with E-state index in [4.69, 9.17) is 22.5 Å². The van der Waals surface area contributed by atoms with Gasteiger partial charge in [0.15, 0.2) is 0 Å². The fourth-order valence-corrected chi connectivity index (χ4v) is 2.00. The second-order valence-electron chi connectivity index (χ2n) is 3.26. The lowest BCUT2D eigenvalue weighted by molar-refractivity contribution is 0.0954. The first-order valence-electron chi connectivity index (χ1n) is 4.73. The Morgan fingerprint density at radius 2 is 2.24 bits per heavy atom. The number of hydrogen-bond donors (Lipinski definition) is 3. The van der Waals surface area contributed by atoms with E-state index in [2.05, 4.69) is 26.4 Å². The lowest BCUT2D eigenvalue weighted by Crippen LogP contribution is -2.28. The molecule has 0 aliphatic heterocycles. The van der Waals surface area contributed by atoms with Crippen molar-refractivity contribution in [2.75, 3.05) is 6.54 Å². The van der Waals surface area contributed by atoms with Crippen molar-refractivity contribution in [1.29, 1.82) is 0 Å². The van der Waals surface area contributed by atoms with Crippen molar-refractivity contribution in [3.8, 4) is 0 Å². The highest BCUT2D eigenvalue weighted by Gasteiger charge is 2.07. The average molecular weight is 321 g/mol. The van der Waals surface area contributed by atoms with Gasteiger partial charge in [-0.05, 0) is 18.2 Å². The number of hydrogen-bond acceptors (Lipinski definition) is 3. The summed E-state index contributed by atoms with van der Waals surface area (Å²) in [5.41, 5.74) is 5.71. The summed E-state index contributed by atoms with van der Waals surface area (Å²) in [6.07, 6.45) is 0.282. The number of nitrogens with one attached hydrogen (secondary N) is 1. The van der Waals surface area contributed by atoms with Gasteiger partial charge in [-0.15, -0.1) is 0 Å². The quantitative estimate of drug-likeness (QED) is 0.343. The molecule has 0 aromatic heterocycles. The molecule has 1 aromatic rings. The van der Waals surface area contributed by atoms with E-state index in [0.717, 1.165) is 4.47 Å². The first kappa shape index (κ1) is 13.8. The fourth-order valence-electron chi connectivity index (χ4n) is 1.14. The molecule has 1 rings (SSSR count). The van der Waals surface area contributed by atoms with Crippen LogP contribution in [0.2, 0.25) is 5.02 Å². The van der Waals surface area contributed by atoms with Crippen molar-refractivity contribution < 1.29 is 10.0 Å². The molecule has 0 fully saturated rings. The summed E-state index contributed by atoms with van der Waals surface area (Å²) in [4.78, 5) is 11.7. The van der Waals surface area contributed by atoms with Crippen molar-refractivity contribution in [3.63, 3.8) is 0 Å². The molecule has 0 saturated heterocycles. The minimum absolute atomic E-state index is 0.0672. The minimum atomic E-state index is -0.265. The van der Waals surface area contributed by atoms with Crippen LogP contribution < -0.4 is 11.1 Å². The second kappa shape index (κ2) is 6.46. The standard InChI is InChI=1S/C10H11BrClN3O2/c11-7-3-6(4-8(12)5-7)10(16)14-2-1-9(13)15-17/h3-5,17H,1-2H2,(H2,13,15)(H,14,16). The van der Waals surface area contributed by atoms with Crippen molar-refractivity contribution in [2.24, 2.45) is 10.9 Å². The highest BCUT2D eigenvalue weighted by molar-refractivity contribution is 9.10. The van der Waals surface area contributed by atoms with Crippen molar-refractivity contribution in [1.82, 2.24) is 5.32 Å². The predicted octanol–water partition coefficient (Wildman–Crippen LogP) is 1.97. The molecule has 1 amide bonds. The van der Waals surface area contributed by atoms with Crippen LogP contribution in [0, 0.1) is 0 Å². The molecule has 4 N–H and O–H groups in total. The zero-order valence-corrected chi connectivity index (χ0v) is 11.1. The Hall–Kier alpha value is -1.27. The van der Waals surface area contributed by atoms with E-state index in [9.17, 15) is 4.79 Å². The minimum Gasteiger partial charge on any atom is -0.409 e. The molecule has 0 bridgehead atoms. The van der Waals surface area contributed by atoms with E-state index in [1.165, 1.54) is 0 Å². The van der Waals surface area contributed by atoms with E-state index >= 15 is 0 Å². The first-order valence-corrected chi connectivity index (χ1v) is 5.90. The third-order valence-electron chi connectivity index (χ3n) is 1.92. The third-order valence-corrected chi connectivity index (χ3v) is 2.60. The van der Waals surface area contributed by atoms with Crippen LogP contribution in [0.1, 0.15) is 16.8 Å². The van der Waals surface area contributed by atoms with Gasteiger partial charge in [0.2, 0.25) is 0 Å². The number of nitrogens with two attached hydrogens (primary N) is 1. The lowest BCUT2D eigenvalue weighted by Gasteiger charge is -2.05. The summed E-state index contributed by atoms with van der Waals surface area (Å²) in [5.74, 6) is -0.198. The summed E-state index contributed by atoms with van der Waals surface area (Å²) >= 11 is 9.07. The highest BCUT2D eigenvalue weighted by Crippen LogP contribution is 2.19. The summed E-state index contributed by atoms with van der Waals surface area (Å²) in [7, 11) is 0. The van der Waals surface area contributed by atoms with Gasteiger partial charge in [0.05, 0.1) is 0 Å². The first-order chi connectivity index (χ1) is 8.02. The van der Waals surface area contributed by atoms with E-state index < -0.39 is 0 Å². The zero-order valence-electron chi connectivity index (χ0n) is 8.78. The molecule has 0 heterocycles. The Balaban J connectivity index is 2.58. The van der Waals surface area contributed by atoms with Crippen LogP contribution in [0.5, 0.6) is 0 Å². The van der Waals surface area contributed by atoms with Crippen LogP contribution in [0.15, 0.2) is 27.8 Å². The average Bonchev–Trinajstić information content (AvgIpc) is 2.27. The van der Waals surface area contributed by atoms with Crippen molar-refractivity contribution >= 4 is 39.3 Å². The van der Waals surface area contributed by atoms with Gasteiger partial charge in [0, 0.05) is 28.0 Å². The molecule has 0 aliphatic rings. The monoisotopic (exact) mass is 319 g/mol. The number of oxime groups is 1. The Labute approximate surface area is 112 Å². The van der Waals surface area contributed by atoms with Crippen LogP contribution in [-0.2, 0) is 0 Å². The number of amidine groups is 1. The molecule has 17 heavy (non-hydrogen) atoms. The number of carbonyl (C=O) groups is 1. The molecule has 0 saturated carbocycles. The molecule has 0 spiro atoms. The second-order valence-corrected chi connectivity index (χ2v) is 4.61. The molecule has 0 aliphatic carbocycles. The molecule has 92 valence electrons. The summed E-state index contributed by atoms with van der Waals surface area (Å²) < 4.78 is 0.728. The van der Waals surface area contributed by atoms with Gasteiger partial charge >= 0.3 is 0 Å². The normalized spacial score (nSPS) is 11.3. The fraction of sp³-hybridized carbons (Fsp3) is 0.200. The van der Waals surface area contributed by atoms with E-state index in [-0.39, 0.29) is 18.2 Å². The summed E-state index contributed by atoms with van der Waals surface area (Å²) in [6, 6.07) is 4.91. The van der Waals surface area contributed by atoms with Crippen LogP contribution in [-0.4, -0.2) is 23.5 Å². The molecule has 0 radical (unpaired) electrons. The Kier molecular flexibility index (Phi) is 5.24. The van der Waals surface area contributed by atoms with Gasteiger partial charge in [-0.2, -0.15) is 0 Å². The van der Waals surface area contributed by atoms with Gasteiger partial charge in [0.1, 0.15) is 5.84 Å². The number of rotatable bonds is 4. The van der Waals surface area contributed by atoms with Crippen molar-refractivity contribution in [2.45, 2.75) is 6.42 Å². The number of nitrogens with zero attached hydrogens (tertiary/aromatic N) is 1. The van der Waals surface area contributed by atoms with Gasteiger partial charge < -0.3 is 16.3 Å². The zero-order chi connectivity index (χ0) is 12.8. The summed E-state index contributed by atoms with van der Waals surface area (Å²) in [6.45, 7) is 0.291. The summed E-state index contributed by atoms with van der Waals surface area (Å²) in [5, 5.41) is 14.2. The maximum atomic E-state index is 11.7. The van der Waals surface area contributed by atoms with Gasteiger partial charge in [-0.3, -0.25) is 4.79 Å². The van der Waals surface area contributed by atoms with Gasteiger partial charge in [-0.1, -0.05) is 32.7 Å². The molecule has 1 aromatic carbocycles. The van der Waals surface area contributed by atoms with Crippen molar-refractivity contribution in [3.05, 3.63) is 33.3 Å². The number of benzene rings is 1. The van der Waals surface area contributed by atoms with E-state index in [1.807, 2.05) is 0 Å². The Morgan fingerprint density at radius 3 is 2.82 bits per heavy atom. The highest BCUT2D eigenvalue weighted by atomic mass is 79.9. The molecular formula is C10H11BrClN3O2. The van der Waals surface area contributed by atoms with Gasteiger partial charge in [-0.25, -0.2) is 0 Å². The maximum absolute atomic E-state index is 11.7. The number of carbonyl (C=O) groups excluding carboxylic acids is 1. The number of halogens is 2. The predicted molar refractivity (Wildman–Crippen MR) is 69.5 cm³/mol. The Morgan fingerprint density at radius 1 is 1.53 bits per heavy atom. The largest absolute Gasteiger partial charge is 0.409 e. The number of amides is 1. The smallest absolute Gasteiger partial charge is 0.251 e. The van der Waals surface area contributed by atoms with Crippen LogP contribution in [0.25, 0.3) is 0 Å². The SMILES string of the molecule is N/C(CCNC(=O)c1cc(Cl)cc(Br)c1)=N/O. The molecule has 0 atom stereocenters. The maximum Gasteiger partial charge on any atom is 0.251 e. The molecular weight excluding hydrogens is 309 g/mol. The molecule has 5 nitrogen and oxygen atoms in total. The van der Waals surface area contributed by atoms with E-state index in [0.29, 0.717) is 17.1 Å². The Bertz CT molecular complexity index is 431. The lowest BCUT2D eigenvalue weighted by atomic mass is 10.2. The topological polar surface area (TPSA) is 87.7 Å². The van der Waals surface area contributed by atoms with E-state index in [1.54, 1.807) is 18.2 Å². The van der Waals surface area contributed by atoms with Crippen LogP contribution in [0.4, 0.5) is 0 Å².